The Labute approximate surface area is 223 Å². The molecule has 1 fully saturated rings. The van der Waals surface area contributed by atoms with Crippen LogP contribution in [0, 0.1) is 0 Å². The molecule has 0 amide bonds. The molecule has 0 atom stereocenters. The Morgan fingerprint density at radius 2 is 1.49 bits per heavy atom. The van der Waals surface area contributed by atoms with Gasteiger partial charge in [0.25, 0.3) is 6.43 Å². The molecule has 1 aliphatic heterocycles. The van der Waals surface area contributed by atoms with E-state index in [1.165, 1.54) is 4.57 Å². The number of fused-ring (bicyclic) bond motifs is 1. The number of morpholine rings is 1. The van der Waals surface area contributed by atoms with Crippen molar-refractivity contribution in [2.75, 3.05) is 36.5 Å². The molecule has 0 aliphatic carbocycles. The fraction of sp³-hybridized carbons (Fsp3) is 0.214. The number of hydrogen-bond acceptors (Lipinski definition) is 8. The van der Waals surface area contributed by atoms with Crippen LogP contribution in [0.2, 0.25) is 0 Å². The zero-order valence-corrected chi connectivity index (χ0v) is 20.9. The van der Waals surface area contributed by atoms with E-state index in [1.807, 2.05) is 59.5 Å². The van der Waals surface area contributed by atoms with Crippen LogP contribution in [0.4, 0.5) is 20.7 Å². The van der Waals surface area contributed by atoms with Crippen LogP contribution in [0.3, 0.4) is 0 Å². The molecule has 1 aliphatic rings. The quantitative estimate of drug-likeness (QED) is 0.286. The first-order chi connectivity index (χ1) is 19.1. The van der Waals surface area contributed by atoms with E-state index in [0.29, 0.717) is 55.6 Å². The Kier molecular flexibility index (Phi) is 6.96. The average molecular weight is 530 g/mol. The highest BCUT2D eigenvalue weighted by Gasteiger charge is 2.24. The van der Waals surface area contributed by atoms with Gasteiger partial charge in [-0.2, -0.15) is 15.0 Å². The molecule has 5 aromatic rings. The number of rotatable bonds is 8. The number of benzene rings is 3. The first-order valence-electron chi connectivity index (χ1n) is 12.5. The zero-order chi connectivity index (χ0) is 26.6. The first kappa shape index (κ1) is 24.7. The van der Waals surface area contributed by atoms with Crippen molar-refractivity contribution in [2.24, 2.45) is 0 Å². The second-order valence-corrected chi connectivity index (χ2v) is 8.87. The molecular weight excluding hydrogens is 504 g/mol. The Bertz CT molecular complexity index is 1560. The average Bonchev–Trinajstić information content (AvgIpc) is 3.38. The van der Waals surface area contributed by atoms with E-state index in [1.54, 1.807) is 24.3 Å². The fourth-order valence-electron chi connectivity index (χ4n) is 4.32. The van der Waals surface area contributed by atoms with E-state index in [4.69, 9.17) is 9.47 Å². The molecule has 0 saturated carbocycles. The third-order valence-corrected chi connectivity index (χ3v) is 6.24. The standard InChI is InChI=1S/C28H25F2N7O2/c29-24(30)25-32-22-8-4-5-9-23(22)37(25)28-34-26(33-27(35-28)36-14-16-38-17-15-36)31-18-19-10-12-21(13-11-19)39-20-6-2-1-3-7-20/h1-13,24H,14-18H2,(H,31,33,34,35). The van der Waals surface area contributed by atoms with E-state index in [-0.39, 0.29) is 11.9 Å². The molecule has 6 rings (SSSR count). The van der Waals surface area contributed by atoms with Gasteiger partial charge in [-0.05, 0) is 42.0 Å². The van der Waals surface area contributed by atoms with E-state index < -0.39 is 12.2 Å². The molecule has 0 unspecified atom stereocenters. The normalized spacial score (nSPS) is 13.7. The maximum absolute atomic E-state index is 14.0. The van der Waals surface area contributed by atoms with Gasteiger partial charge in [-0.15, -0.1) is 0 Å². The van der Waals surface area contributed by atoms with Crippen LogP contribution in [0.1, 0.15) is 17.8 Å². The van der Waals surface area contributed by atoms with Gasteiger partial charge in [0.2, 0.25) is 17.8 Å². The summed E-state index contributed by atoms with van der Waals surface area (Å²) in [5.41, 5.74) is 1.90. The number of para-hydroxylation sites is 3. The van der Waals surface area contributed by atoms with Crippen LogP contribution in [0.25, 0.3) is 17.0 Å². The van der Waals surface area contributed by atoms with Crippen molar-refractivity contribution in [1.29, 1.82) is 0 Å². The predicted octanol–water partition coefficient (Wildman–Crippen LogP) is 5.39. The van der Waals surface area contributed by atoms with Crippen molar-refractivity contribution in [3.05, 3.63) is 90.3 Å². The van der Waals surface area contributed by atoms with E-state index in [2.05, 4.69) is 25.3 Å². The minimum Gasteiger partial charge on any atom is -0.457 e. The van der Waals surface area contributed by atoms with Crippen molar-refractivity contribution in [2.45, 2.75) is 13.0 Å². The van der Waals surface area contributed by atoms with Gasteiger partial charge in [-0.3, -0.25) is 4.57 Å². The number of imidazole rings is 1. The van der Waals surface area contributed by atoms with Crippen LogP contribution in [0.5, 0.6) is 11.5 Å². The molecule has 198 valence electrons. The number of ether oxygens (including phenoxy) is 2. The summed E-state index contributed by atoms with van der Waals surface area (Å²) < 4.78 is 40.7. The zero-order valence-electron chi connectivity index (χ0n) is 20.9. The van der Waals surface area contributed by atoms with Gasteiger partial charge in [-0.25, -0.2) is 13.8 Å². The van der Waals surface area contributed by atoms with E-state index in [9.17, 15) is 8.78 Å². The molecule has 3 aromatic carbocycles. The Morgan fingerprint density at radius 1 is 0.795 bits per heavy atom. The van der Waals surface area contributed by atoms with Gasteiger partial charge < -0.3 is 19.7 Å². The summed E-state index contributed by atoms with van der Waals surface area (Å²) in [6.45, 7) is 2.62. The second kappa shape index (κ2) is 11.0. The molecule has 1 saturated heterocycles. The lowest BCUT2D eigenvalue weighted by Crippen LogP contribution is -2.37. The topological polar surface area (TPSA) is 90.2 Å². The van der Waals surface area contributed by atoms with Crippen LogP contribution in [-0.2, 0) is 11.3 Å². The SMILES string of the molecule is FC(F)c1nc2ccccc2n1-c1nc(NCc2ccc(Oc3ccccc3)cc2)nc(N2CCOCC2)n1. The smallest absolute Gasteiger partial charge is 0.296 e. The van der Waals surface area contributed by atoms with E-state index >= 15 is 0 Å². The van der Waals surface area contributed by atoms with Gasteiger partial charge in [0.1, 0.15) is 11.5 Å². The molecule has 0 spiro atoms. The molecule has 39 heavy (non-hydrogen) atoms. The van der Waals surface area contributed by atoms with Gasteiger partial charge in [-0.1, -0.05) is 42.5 Å². The van der Waals surface area contributed by atoms with Crippen molar-refractivity contribution in [1.82, 2.24) is 24.5 Å². The number of aromatic nitrogens is 5. The number of anilines is 2. The molecule has 9 nitrogen and oxygen atoms in total. The Balaban J connectivity index is 1.30. The van der Waals surface area contributed by atoms with Gasteiger partial charge in [0.15, 0.2) is 5.82 Å². The molecule has 0 radical (unpaired) electrons. The summed E-state index contributed by atoms with van der Waals surface area (Å²) >= 11 is 0. The number of alkyl halides is 2. The molecular formula is C28H25F2N7O2. The summed E-state index contributed by atoms with van der Waals surface area (Å²) in [7, 11) is 0. The Hall–Kier alpha value is -4.64. The van der Waals surface area contributed by atoms with Crippen molar-refractivity contribution < 1.29 is 18.3 Å². The number of nitrogens with zero attached hydrogens (tertiary/aromatic N) is 6. The summed E-state index contributed by atoms with van der Waals surface area (Å²) in [4.78, 5) is 19.8. The lowest BCUT2D eigenvalue weighted by Gasteiger charge is -2.27. The predicted molar refractivity (Wildman–Crippen MR) is 143 cm³/mol. The Morgan fingerprint density at radius 3 is 2.26 bits per heavy atom. The summed E-state index contributed by atoms with van der Waals surface area (Å²) in [5, 5.41) is 3.23. The van der Waals surface area contributed by atoms with Gasteiger partial charge in [0.05, 0.1) is 24.2 Å². The molecule has 1 N–H and O–H groups in total. The third-order valence-electron chi connectivity index (χ3n) is 6.24. The lowest BCUT2D eigenvalue weighted by atomic mass is 10.2. The number of halogens is 2. The highest BCUT2D eigenvalue weighted by atomic mass is 19.3. The molecule has 0 bridgehead atoms. The van der Waals surface area contributed by atoms with Crippen LogP contribution in [-0.4, -0.2) is 50.8 Å². The van der Waals surface area contributed by atoms with Crippen molar-refractivity contribution in [3.63, 3.8) is 0 Å². The molecule has 11 heteroatoms. The molecule has 3 heterocycles. The maximum atomic E-state index is 14.0. The minimum atomic E-state index is -2.81. The summed E-state index contributed by atoms with van der Waals surface area (Å²) in [6.07, 6.45) is -2.81. The van der Waals surface area contributed by atoms with Gasteiger partial charge >= 0.3 is 0 Å². The first-order valence-corrected chi connectivity index (χ1v) is 12.5. The number of hydrogen-bond donors (Lipinski definition) is 1. The van der Waals surface area contributed by atoms with Crippen LogP contribution in [0.15, 0.2) is 78.9 Å². The van der Waals surface area contributed by atoms with Gasteiger partial charge in [0, 0.05) is 19.6 Å². The second-order valence-electron chi connectivity index (χ2n) is 8.87. The molecule has 2 aromatic heterocycles. The summed E-state index contributed by atoms with van der Waals surface area (Å²) in [6, 6.07) is 24.1. The minimum absolute atomic E-state index is 0.0737. The van der Waals surface area contributed by atoms with Crippen molar-refractivity contribution in [3.8, 4) is 17.4 Å². The van der Waals surface area contributed by atoms with Crippen LogP contribution < -0.4 is 15.0 Å². The summed E-state index contributed by atoms with van der Waals surface area (Å²) in [5.74, 6) is 1.78. The largest absolute Gasteiger partial charge is 0.457 e. The highest BCUT2D eigenvalue weighted by Crippen LogP contribution is 2.28. The van der Waals surface area contributed by atoms with E-state index in [0.717, 1.165) is 11.3 Å². The highest BCUT2D eigenvalue weighted by molar-refractivity contribution is 5.77. The lowest BCUT2D eigenvalue weighted by molar-refractivity contribution is 0.122. The monoisotopic (exact) mass is 529 g/mol. The fourth-order valence-corrected chi connectivity index (χ4v) is 4.32. The maximum Gasteiger partial charge on any atom is 0.296 e. The third kappa shape index (κ3) is 5.48. The van der Waals surface area contributed by atoms with Crippen molar-refractivity contribution >= 4 is 22.9 Å². The van der Waals surface area contributed by atoms with Crippen LogP contribution >= 0.6 is 0 Å². The number of nitrogens with one attached hydrogen (secondary N) is 1.